The topological polar surface area (TPSA) is 56.7 Å². The predicted octanol–water partition coefficient (Wildman–Crippen LogP) is 14.5. The lowest BCUT2D eigenvalue weighted by Gasteiger charge is -2.13. The lowest BCUT2D eigenvalue weighted by molar-refractivity contribution is 0.669. The molecule has 0 saturated heterocycles. The Bertz CT molecular complexity index is 3860. The fraction of sp³-hybridized carbons (Fsp3) is 0. The first-order chi connectivity index (χ1) is 29.2. The number of thiophene rings is 1. The average molecular weight is 771 g/mol. The van der Waals surface area contributed by atoms with Crippen LogP contribution in [0.15, 0.2) is 186 Å². The first-order valence-corrected chi connectivity index (χ1v) is 20.6. The molecule has 0 unspecified atom stereocenters. The molecule has 0 amide bonds. The molecular formula is C53H30N4OS. The minimum atomic E-state index is 0.552. The lowest BCUT2D eigenvalue weighted by atomic mass is 9.99. The fourth-order valence-electron chi connectivity index (χ4n) is 9.08. The zero-order valence-electron chi connectivity index (χ0n) is 31.4. The van der Waals surface area contributed by atoms with E-state index < -0.39 is 0 Å². The van der Waals surface area contributed by atoms with E-state index in [1.807, 2.05) is 47.7 Å². The molecule has 0 bridgehead atoms. The molecule has 6 heteroatoms. The molecule has 4 heterocycles. The number of hydrogen-bond acceptors (Lipinski definition) is 5. The molecule has 0 aliphatic heterocycles. The Morgan fingerprint density at radius 3 is 1.98 bits per heavy atom. The maximum absolute atomic E-state index is 6.35. The van der Waals surface area contributed by atoms with Crippen molar-refractivity contribution < 1.29 is 4.42 Å². The Balaban J connectivity index is 1.10. The van der Waals surface area contributed by atoms with E-state index in [-0.39, 0.29) is 0 Å². The van der Waals surface area contributed by atoms with Gasteiger partial charge in [-0.15, -0.1) is 11.3 Å². The number of hydrogen-bond donors (Lipinski definition) is 0. The van der Waals surface area contributed by atoms with Crippen LogP contribution in [-0.4, -0.2) is 19.5 Å². The summed E-state index contributed by atoms with van der Waals surface area (Å²) < 4.78 is 11.2. The summed E-state index contributed by atoms with van der Waals surface area (Å²) in [5.41, 5.74) is 7.75. The van der Waals surface area contributed by atoms with Gasteiger partial charge in [-0.1, -0.05) is 140 Å². The van der Waals surface area contributed by atoms with Crippen molar-refractivity contribution in [3.63, 3.8) is 0 Å². The number of para-hydroxylation sites is 2. The number of fused-ring (bicyclic) bond motifs is 12. The molecule has 274 valence electrons. The van der Waals surface area contributed by atoms with E-state index in [0.717, 1.165) is 71.4 Å². The zero-order chi connectivity index (χ0) is 38.6. The highest BCUT2D eigenvalue weighted by Gasteiger charge is 2.22. The maximum Gasteiger partial charge on any atom is 0.238 e. The number of aromatic nitrogens is 4. The third-order valence-corrected chi connectivity index (χ3v) is 12.9. The van der Waals surface area contributed by atoms with Crippen LogP contribution in [0, 0.1) is 0 Å². The summed E-state index contributed by atoms with van der Waals surface area (Å²) in [6, 6.07) is 64.5. The number of furan rings is 1. The second-order valence-corrected chi connectivity index (χ2v) is 16.3. The normalized spacial score (nSPS) is 12.1. The highest BCUT2D eigenvalue weighted by atomic mass is 32.1. The van der Waals surface area contributed by atoms with Crippen LogP contribution in [0.1, 0.15) is 0 Å². The summed E-state index contributed by atoms with van der Waals surface area (Å²) in [5.74, 6) is 1.72. The molecule has 13 rings (SSSR count). The summed E-state index contributed by atoms with van der Waals surface area (Å²) in [6.45, 7) is 0. The third kappa shape index (κ3) is 4.94. The van der Waals surface area contributed by atoms with Gasteiger partial charge in [-0.05, 0) is 69.6 Å². The lowest BCUT2D eigenvalue weighted by Crippen LogP contribution is -2.07. The first-order valence-electron chi connectivity index (χ1n) is 19.8. The molecule has 0 radical (unpaired) electrons. The highest BCUT2D eigenvalue weighted by molar-refractivity contribution is 7.26. The molecule has 0 aliphatic rings. The average Bonchev–Trinajstić information content (AvgIpc) is 3.97. The second-order valence-electron chi connectivity index (χ2n) is 15.2. The van der Waals surface area contributed by atoms with Crippen molar-refractivity contribution in [1.29, 1.82) is 0 Å². The summed E-state index contributed by atoms with van der Waals surface area (Å²) in [4.78, 5) is 15.8. The van der Waals surface area contributed by atoms with Crippen LogP contribution in [0.25, 0.3) is 125 Å². The van der Waals surface area contributed by atoms with Crippen LogP contribution >= 0.6 is 11.3 Å². The summed E-state index contributed by atoms with van der Waals surface area (Å²) in [5, 5.41) is 11.9. The Hall–Kier alpha value is -7.67. The van der Waals surface area contributed by atoms with Crippen LogP contribution in [0.3, 0.4) is 0 Å². The van der Waals surface area contributed by atoms with E-state index in [4.69, 9.17) is 19.4 Å². The van der Waals surface area contributed by atoms with E-state index in [2.05, 4.69) is 150 Å². The van der Waals surface area contributed by atoms with Crippen molar-refractivity contribution in [3.05, 3.63) is 182 Å². The maximum atomic E-state index is 6.35. The highest BCUT2D eigenvalue weighted by Crippen LogP contribution is 2.44. The fourth-order valence-corrected chi connectivity index (χ4v) is 10.2. The predicted molar refractivity (Wildman–Crippen MR) is 246 cm³/mol. The van der Waals surface area contributed by atoms with Gasteiger partial charge in [0.25, 0.3) is 0 Å². The molecule has 0 aliphatic carbocycles. The number of benzene rings is 9. The molecule has 0 spiro atoms. The van der Waals surface area contributed by atoms with Gasteiger partial charge in [0, 0.05) is 58.4 Å². The molecule has 0 atom stereocenters. The van der Waals surface area contributed by atoms with Gasteiger partial charge < -0.3 is 4.42 Å². The largest absolute Gasteiger partial charge is 0.456 e. The van der Waals surface area contributed by atoms with Crippen molar-refractivity contribution in [3.8, 4) is 39.9 Å². The molecule has 9 aromatic carbocycles. The van der Waals surface area contributed by atoms with Gasteiger partial charge in [-0.25, -0.2) is 4.98 Å². The van der Waals surface area contributed by atoms with Crippen molar-refractivity contribution in [2.24, 2.45) is 0 Å². The Labute approximate surface area is 341 Å². The van der Waals surface area contributed by atoms with Crippen LogP contribution < -0.4 is 0 Å². The molecule has 5 nitrogen and oxygen atoms in total. The molecule has 4 aromatic heterocycles. The molecule has 0 fully saturated rings. The van der Waals surface area contributed by atoms with Gasteiger partial charge in [0.1, 0.15) is 11.2 Å². The first kappa shape index (κ1) is 32.4. The minimum Gasteiger partial charge on any atom is -0.456 e. The van der Waals surface area contributed by atoms with Gasteiger partial charge in [-0.2, -0.15) is 9.97 Å². The van der Waals surface area contributed by atoms with Crippen LogP contribution in [0.2, 0.25) is 0 Å². The number of nitrogens with zero attached hydrogens (tertiary/aromatic N) is 4. The standard InChI is InChI=1S/C53H30N4OS/c1-2-12-32(13-3-1)51-54-52(36-22-24-40-39-17-8-9-20-45(39)58-46(40)29-36)56-53(55-51)57-44-28-34-15-5-4-14-33(34)27-43(44)41-19-10-18-38(50(41)57)35-21-25-42-48(30-35)59-47-26-23-31-11-6-7-16-37(31)49(42)47/h1-30H. The van der Waals surface area contributed by atoms with Crippen molar-refractivity contribution in [2.75, 3.05) is 0 Å². The third-order valence-electron chi connectivity index (χ3n) is 11.8. The van der Waals surface area contributed by atoms with Gasteiger partial charge in [0.05, 0.1) is 11.0 Å². The minimum absolute atomic E-state index is 0.552. The smallest absolute Gasteiger partial charge is 0.238 e. The van der Waals surface area contributed by atoms with Gasteiger partial charge in [0.15, 0.2) is 11.6 Å². The molecular weight excluding hydrogens is 741 g/mol. The number of rotatable bonds is 4. The van der Waals surface area contributed by atoms with E-state index >= 15 is 0 Å². The zero-order valence-corrected chi connectivity index (χ0v) is 32.2. The second kappa shape index (κ2) is 12.4. The molecule has 59 heavy (non-hydrogen) atoms. The SMILES string of the molecule is c1ccc(-c2nc(-c3ccc4c(c3)oc3ccccc34)nc(-n3c4cc5ccccc5cc4c4cccc(-c5ccc6c(c5)sc5ccc7ccccc7c56)c43)n2)cc1. The van der Waals surface area contributed by atoms with Gasteiger partial charge in [0.2, 0.25) is 5.95 Å². The molecule has 0 saturated carbocycles. The Kier molecular flexibility index (Phi) is 6.82. The van der Waals surface area contributed by atoms with Crippen molar-refractivity contribution in [1.82, 2.24) is 19.5 Å². The van der Waals surface area contributed by atoms with E-state index in [9.17, 15) is 0 Å². The quantitative estimate of drug-likeness (QED) is 0.179. The van der Waals surface area contributed by atoms with E-state index in [0.29, 0.717) is 17.6 Å². The summed E-state index contributed by atoms with van der Waals surface area (Å²) >= 11 is 1.85. The Morgan fingerprint density at radius 2 is 1.10 bits per heavy atom. The Morgan fingerprint density at radius 1 is 0.407 bits per heavy atom. The van der Waals surface area contributed by atoms with Gasteiger partial charge in [-0.3, -0.25) is 4.57 Å². The summed E-state index contributed by atoms with van der Waals surface area (Å²) in [7, 11) is 0. The molecule has 0 N–H and O–H groups in total. The van der Waals surface area contributed by atoms with Gasteiger partial charge >= 0.3 is 0 Å². The van der Waals surface area contributed by atoms with Crippen molar-refractivity contribution >= 4 is 96.8 Å². The van der Waals surface area contributed by atoms with Crippen LogP contribution in [0.5, 0.6) is 0 Å². The van der Waals surface area contributed by atoms with Crippen LogP contribution in [0.4, 0.5) is 0 Å². The molecule has 13 aromatic rings. The van der Waals surface area contributed by atoms with E-state index in [1.165, 1.54) is 36.3 Å². The van der Waals surface area contributed by atoms with E-state index in [1.54, 1.807) is 0 Å². The van der Waals surface area contributed by atoms with Crippen LogP contribution in [-0.2, 0) is 0 Å². The summed E-state index contributed by atoms with van der Waals surface area (Å²) in [6.07, 6.45) is 0. The van der Waals surface area contributed by atoms with Crippen molar-refractivity contribution in [2.45, 2.75) is 0 Å². The monoisotopic (exact) mass is 770 g/mol.